The molecule has 34 heavy (non-hydrogen) atoms. The molecule has 0 spiro atoms. The van der Waals surface area contributed by atoms with E-state index in [-0.39, 0.29) is 11.9 Å². The molecule has 1 aliphatic carbocycles. The Balaban J connectivity index is 1.47. The van der Waals surface area contributed by atoms with Crippen LogP contribution in [0.15, 0.2) is 33.5 Å². The van der Waals surface area contributed by atoms with Crippen molar-refractivity contribution in [2.45, 2.75) is 38.1 Å². The monoisotopic (exact) mass is 461 g/mol. The van der Waals surface area contributed by atoms with E-state index in [0.29, 0.717) is 61.1 Å². The van der Waals surface area contributed by atoms with Crippen LogP contribution in [-0.4, -0.2) is 60.2 Å². The molecule has 1 saturated carbocycles. The van der Waals surface area contributed by atoms with Gasteiger partial charge in [-0.05, 0) is 43.5 Å². The summed E-state index contributed by atoms with van der Waals surface area (Å²) in [6.07, 6.45) is 2.50. The molecule has 1 saturated heterocycles. The molecule has 1 aromatic carbocycles. The summed E-state index contributed by atoms with van der Waals surface area (Å²) in [5.41, 5.74) is 4.41. The molecule has 0 bridgehead atoms. The van der Waals surface area contributed by atoms with Crippen molar-refractivity contribution >= 4 is 22.8 Å². The molecule has 5 rings (SSSR count). The number of nitriles is 1. The molecular formula is C25H27N5O4. The number of nitrogens with one attached hydrogen (secondary N) is 1. The lowest BCUT2D eigenvalue weighted by atomic mass is 9.98. The van der Waals surface area contributed by atoms with E-state index in [9.17, 15) is 14.9 Å². The lowest BCUT2D eigenvalue weighted by Gasteiger charge is -2.41. The fourth-order valence-electron chi connectivity index (χ4n) is 4.71. The van der Waals surface area contributed by atoms with Crippen LogP contribution in [0, 0.1) is 11.3 Å². The van der Waals surface area contributed by atoms with Crippen molar-refractivity contribution in [3.63, 3.8) is 0 Å². The number of carbonyl (C=O) groups excluding carboxylic acids is 1. The van der Waals surface area contributed by atoms with E-state index in [2.05, 4.69) is 16.0 Å². The van der Waals surface area contributed by atoms with Crippen LogP contribution in [0.3, 0.4) is 0 Å². The lowest BCUT2D eigenvalue weighted by molar-refractivity contribution is -0.134. The number of rotatable bonds is 6. The first kappa shape index (κ1) is 22.2. The van der Waals surface area contributed by atoms with E-state index in [1.807, 2.05) is 30.0 Å². The molecule has 3 heterocycles. The molecule has 0 radical (unpaired) electrons. The number of oxazole rings is 1. The predicted molar refractivity (Wildman–Crippen MR) is 127 cm³/mol. The van der Waals surface area contributed by atoms with Gasteiger partial charge in [-0.3, -0.25) is 9.78 Å². The maximum Gasteiger partial charge on any atom is 0.417 e. The fourth-order valence-corrected chi connectivity index (χ4v) is 4.71. The highest BCUT2D eigenvalue weighted by molar-refractivity contribution is 5.82. The van der Waals surface area contributed by atoms with Crippen molar-refractivity contribution in [1.29, 1.82) is 5.26 Å². The average Bonchev–Trinajstić information content (AvgIpc) is 3.61. The number of anilines is 1. The Bertz CT molecular complexity index is 1330. The molecule has 1 atom stereocenters. The zero-order chi connectivity index (χ0) is 23.8. The molecule has 176 valence electrons. The number of aromatic amines is 1. The van der Waals surface area contributed by atoms with Gasteiger partial charge in [-0.15, -0.1) is 0 Å². The Kier molecular flexibility index (Phi) is 5.84. The SMILES string of the molecule is COCCC(=O)N1CCN(c2nc(C3CC3)c(-c3ccc4oc(=O)[nH]c4c3)cc2C#N)CC1C. The summed E-state index contributed by atoms with van der Waals surface area (Å²) in [4.78, 5) is 35.8. The molecule has 1 unspecified atom stereocenters. The highest BCUT2D eigenvalue weighted by Crippen LogP contribution is 2.45. The van der Waals surface area contributed by atoms with Crippen molar-refractivity contribution in [2.75, 3.05) is 38.3 Å². The van der Waals surface area contributed by atoms with Crippen LogP contribution in [0.4, 0.5) is 5.82 Å². The Morgan fingerprint density at radius 2 is 2.15 bits per heavy atom. The van der Waals surface area contributed by atoms with Crippen LogP contribution in [0.25, 0.3) is 22.2 Å². The second-order valence-corrected chi connectivity index (χ2v) is 9.03. The molecule has 2 aliphatic rings. The van der Waals surface area contributed by atoms with E-state index >= 15 is 0 Å². The number of pyridine rings is 1. The minimum absolute atomic E-state index is 0.0100. The molecule has 1 amide bonds. The van der Waals surface area contributed by atoms with Crippen molar-refractivity contribution in [3.05, 3.63) is 46.1 Å². The molecular weight excluding hydrogens is 434 g/mol. The number of amides is 1. The number of hydrogen-bond acceptors (Lipinski definition) is 7. The van der Waals surface area contributed by atoms with Gasteiger partial charge < -0.3 is 19.0 Å². The molecule has 1 N–H and O–H groups in total. The van der Waals surface area contributed by atoms with Crippen molar-refractivity contribution in [1.82, 2.24) is 14.9 Å². The van der Waals surface area contributed by atoms with Gasteiger partial charge in [0.15, 0.2) is 5.58 Å². The lowest BCUT2D eigenvalue weighted by Crippen LogP contribution is -2.54. The molecule has 1 aliphatic heterocycles. The van der Waals surface area contributed by atoms with E-state index in [4.69, 9.17) is 14.1 Å². The highest BCUT2D eigenvalue weighted by atomic mass is 16.5. The van der Waals surface area contributed by atoms with Crippen LogP contribution in [0.5, 0.6) is 0 Å². The fraction of sp³-hybridized carbons (Fsp3) is 0.440. The minimum Gasteiger partial charge on any atom is -0.408 e. The van der Waals surface area contributed by atoms with Gasteiger partial charge in [0.1, 0.15) is 11.9 Å². The van der Waals surface area contributed by atoms with Crippen LogP contribution in [0.2, 0.25) is 0 Å². The van der Waals surface area contributed by atoms with Gasteiger partial charge in [0.2, 0.25) is 5.91 Å². The third-order valence-corrected chi connectivity index (χ3v) is 6.61. The summed E-state index contributed by atoms with van der Waals surface area (Å²) >= 11 is 0. The van der Waals surface area contributed by atoms with Gasteiger partial charge >= 0.3 is 5.76 Å². The Morgan fingerprint density at radius 1 is 1.32 bits per heavy atom. The number of hydrogen-bond donors (Lipinski definition) is 1. The van der Waals surface area contributed by atoms with E-state index in [1.165, 1.54) is 0 Å². The van der Waals surface area contributed by atoms with Gasteiger partial charge in [-0.1, -0.05) is 6.07 Å². The number of ether oxygens (including phenoxy) is 1. The highest BCUT2D eigenvalue weighted by Gasteiger charge is 2.33. The van der Waals surface area contributed by atoms with Gasteiger partial charge in [0, 0.05) is 44.3 Å². The number of carbonyl (C=O) groups is 1. The first-order chi connectivity index (χ1) is 16.5. The van der Waals surface area contributed by atoms with Gasteiger partial charge in [0.25, 0.3) is 0 Å². The van der Waals surface area contributed by atoms with Crippen LogP contribution < -0.4 is 10.7 Å². The molecule has 2 aromatic heterocycles. The Labute approximate surface area is 196 Å². The summed E-state index contributed by atoms with van der Waals surface area (Å²) in [6.45, 7) is 4.26. The zero-order valence-corrected chi connectivity index (χ0v) is 19.3. The number of H-pyrrole nitrogens is 1. The smallest absolute Gasteiger partial charge is 0.408 e. The second-order valence-electron chi connectivity index (χ2n) is 9.03. The third-order valence-electron chi connectivity index (χ3n) is 6.61. The number of methoxy groups -OCH3 is 1. The Morgan fingerprint density at radius 3 is 2.85 bits per heavy atom. The first-order valence-corrected chi connectivity index (χ1v) is 11.6. The normalized spacial score (nSPS) is 18.3. The molecule has 2 fully saturated rings. The van der Waals surface area contributed by atoms with Gasteiger partial charge in [-0.25, -0.2) is 9.78 Å². The van der Waals surface area contributed by atoms with E-state index in [0.717, 1.165) is 29.7 Å². The van der Waals surface area contributed by atoms with Crippen LogP contribution in [-0.2, 0) is 9.53 Å². The van der Waals surface area contributed by atoms with Crippen LogP contribution >= 0.6 is 0 Å². The van der Waals surface area contributed by atoms with E-state index in [1.54, 1.807) is 13.2 Å². The number of nitrogens with zero attached hydrogens (tertiary/aromatic N) is 4. The summed E-state index contributed by atoms with van der Waals surface area (Å²) in [5, 5.41) is 9.99. The maximum absolute atomic E-state index is 12.5. The van der Waals surface area contributed by atoms with Crippen LogP contribution in [0.1, 0.15) is 43.4 Å². The van der Waals surface area contributed by atoms with E-state index < -0.39 is 5.76 Å². The molecule has 9 heteroatoms. The topological polar surface area (TPSA) is 115 Å². The summed E-state index contributed by atoms with van der Waals surface area (Å²) in [6, 6.07) is 9.79. The minimum atomic E-state index is -0.491. The summed E-state index contributed by atoms with van der Waals surface area (Å²) in [5.74, 6) is 0.635. The van der Waals surface area contributed by atoms with Crippen molar-refractivity contribution in [3.8, 4) is 17.2 Å². The summed E-state index contributed by atoms with van der Waals surface area (Å²) < 4.78 is 10.2. The van der Waals surface area contributed by atoms with Gasteiger partial charge in [-0.2, -0.15) is 5.26 Å². The number of aromatic nitrogens is 2. The van der Waals surface area contributed by atoms with Crippen molar-refractivity contribution in [2.24, 2.45) is 0 Å². The largest absolute Gasteiger partial charge is 0.417 e. The predicted octanol–water partition coefficient (Wildman–Crippen LogP) is 3.01. The Hall–Kier alpha value is -3.64. The first-order valence-electron chi connectivity index (χ1n) is 11.6. The maximum atomic E-state index is 12.5. The zero-order valence-electron chi connectivity index (χ0n) is 19.3. The standard InChI is InChI=1S/C25H27N5O4/c1-15-14-29(8-9-30(15)22(31)7-10-33-2)24-18(13-26)11-19(23(28-24)16-3-4-16)17-5-6-21-20(12-17)27-25(32)34-21/h5-6,11-12,15-16H,3-4,7-10,14H2,1-2H3,(H,27,32). The van der Waals surface area contributed by atoms with Gasteiger partial charge in [0.05, 0.1) is 29.8 Å². The third kappa shape index (κ3) is 4.17. The molecule has 3 aromatic rings. The number of piperazine rings is 1. The summed E-state index contributed by atoms with van der Waals surface area (Å²) in [7, 11) is 1.59. The second kappa shape index (κ2) is 8.95. The molecule has 9 nitrogen and oxygen atoms in total. The quantitative estimate of drug-likeness (QED) is 0.600. The number of benzene rings is 1. The average molecular weight is 462 g/mol. The van der Waals surface area contributed by atoms with Crippen molar-refractivity contribution < 1.29 is 13.9 Å². The number of fused-ring (bicyclic) bond motifs is 1.